The van der Waals surface area contributed by atoms with Gasteiger partial charge in [0.05, 0.1) is 13.0 Å². The van der Waals surface area contributed by atoms with Crippen LogP contribution in [0.2, 0.25) is 0 Å². The van der Waals surface area contributed by atoms with Crippen molar-refractivity contribution in [1.29, 1.82) is 0 Å². The Morgan fingerprint density at radius 1 is 1.40 bits per heavy atom. The summed E-state index contributed by atoms with van der Waals surface area (Å²) >= 11 is 0. The van der Waals surface area contributed by atoms with Gasteiger partial charge in [0.1, 0.15) is 0 Å². The van der Waals surface area contributed by atoms with Gasteiger partial charge in [-0.1, -0.05) is 19.8 Å². The van der Waals surface area contributed by atoms with E-state index in [4.69, 9.17) is 4.74 Å². The molecule has 1 N–H and O–H groups in total. The molecular weight excluding hydrogens is 190 g/mol. The number of carbonyl (C=O) groups is 1. The Kier molecular flexibility index (Phi) is 5.69. The predicted octanol–water partition coefficient (Wildman–Crippen LogP) is 2.11. The summed E-state index contributed by atoms with van der Waals surface area (Å²) in [5.41, 5.74) is 0. The van der Waals surface area contributed by atoms with E-state index in [-0.39, 0.29) is 5.97 Å². The summed E-state index contributed by atoms with van der Waals surface area (Å²) in [6.07, 6.45) is 5.75. The molecule has 88 valence electrons. The van der Waals surface area contributed by atoms with E-state index in [2.05, 4.69) is 12.2 Å². The van der Waals surface area contributed by atoms with Crippen molar-refractivity contribution < 1.29 is 9.53 Å². The van der Waals surface area contributed by atoms with Crippen molar-refractivity contribution in [3.05, 3.63) is 0 Å². The molecule has 3 heteroatoms. The van der Waals surface area contributed by atoms with Gasteiger partial charge in [-0.15, -0.1) is 0 Å². The minimum Gasteiger partial charge on any atom is -0.466 e. The van der Waals surface area contributed by atoms with Crippen LogP contribution >= 0.6 is 0 Å². The first-order chi connectivity index (χ1) is 7.24. The van der Waals surface area contributed by atoms with E-state index < -0.39 is 0 Å². The summed E-state index contributed by atoms with van der Waals surface area (Å²) in [6.45, 7) is 5.38. The Balaban J connectivity index is 2.10. The van der Waals surface area contributed by atoms with Crippen LogP contribution in [0, 0.1) is 5.92 Å². The molecule has 3 nitrogen and oxygen atoms in total. The molecular formula is C12H23NO2. The molecule has 0 saturated heterocycles. The Labute approximate surface area is 92.6 Å². The first-order valence-corrected chi connectivity index (χ1v) is 6.13. The Hall–Kier alpha value is -0.570. The predicted molar refractivity (Wildman–Crippen MR) is 60.7 cm³/mol. The Morgan fingerprint density at radius 3 is 2.80 bits per heavy atom. The topological polar surface area (TPSA) is 38.3 Å². The quantitative estimate of drug-likeness (QED) is 0.711. The molecule has 0 radical (unpaired) electrons. The molecule has 1 aliphatic carbocycles. The molecule has 0 aromatic carbocycles. The van der Waals surface area contributed by atoms with E-state index in [0.717, 1.165) is 12.5 Å². The van der Waals surface area contributed by atoms with Gasteiger partial charge in [0.2, 0.25) is 0 Å². The number of ether oxygens (including phenoxy) is 1. The van der Waals surface area contributed by atoms with E-state index in [1.165, 1.54) is 25.7 Å². The van der Waals surface area contributed by atoms with E-state index in [0.29, 0.717) is 19.1 Å². The number of carbonyl (C=O) groups excluding carboxylic acids is 1. The van der Waals surface area contributed by atoms with Crippen LogP contribution in [0.3, 0.4) is 0 Å². The fraction of sp³-hybridized carbons (Fsp3) is 0.917. The van der Waals surface area contributed by atoms with Gasteiger partial charge >= 0.3 is 5.97 Å². The number of nitrogens with one attached hydrogen (secondary N) is 1. The first kappa shape index (κ1) is 12.5. The number of esters is 1. The second kappa shape index (κ2) is 6.83. The molecule has 1 rings (SSSR count). The van der Waals surface area contributed by atoms with Gasteiger partial charge in [-0.2, -0.15) is 0 Å². The van der Waals surface area contributed by atoms with Crippen LogP contribution < -0.4 is 5.32 Å². The van der Waals surface area contributed by atoms with Gasteiger partial charge in [-0.25, -0.2) is 0 Å². The fourth-order valence-electron chi connectivity index (χ4n) is 2.21. The minimum atomic E-state index is -0.0894. The molecule has 1 aliphatic rings. The standard InChI is InChI=1S/C12H23NO2/c1-3-15-12(14)8-9-13-11-7-5-4-6-10(11)2/h10-11,13H,3-9H2,1-2H3/t10-,11+/m0/s1. The van der Waals surface area contributed by atoms with Gasteiger partial charge in [0, 0.05) is 12.6 Å². The lowest BCUT2D eigenvalue weighted by molar-refractivity contribution is -0.143. The van der Waals surface area contributed by atoms with Crippen LogP contribution in [0.1, 0.15) is 46.0 Å². The molecule has 15 heavy (non-hydrogen) atoms. The highest BCUT2D eigenvalue weighted by atomic mass is 16.5. The van der Waals surface area contributed by atoms with E-state index in [1.54, 1.807) is 0 Å². The smallest absolute Gasteiger partial charge is 0.307 e. The van der Waals surface area contributed by atoms with Crippen LogP contribution in [0.25, 0.3) is 0 Å². The molecule has 0 amide bonds. The second-order valence-electron chi connectivity index (χ2n) is 4.38. The fourth-order valence-corrected chi connectivity index (χ4v) is 2.21. The van der Waals surface area contributed by atoms with Gasteiger partial charge in [0.15, 0.2) is 0 Å². The van der Waals surface area contributed by atoms with Crippen LogP contribution in [-0.2, 0) is 9.53 Å². The normalized spacial score (nSPS) is 26.3. The van der Waals surface area contributed by atoms with Crippen molar-refractivity contribution in [3.8, 4) is 0 Å². The van der Waals surface area contributed by atoms with Gasteiger partial charge in [-0.3, -0.25) is 4.79 Å². The van der Waals surface area contributed by atoms with E-state index in [1.807, 2.05) is 6.92 Å². The molecule has 0 aromatic heterocycles. The highest BCUT2D eigenvalue weighted by molar-refractivity contribution is 5.69. The average molecular weight is 213 g/mol. The highest BCUT2D eigenvalue weighted by Crippen LogP contribution is 2.23. The zero-order valence-corrected chi connectivity index (χ0v) is 9.92. The largest absolute Gasteiger partial charge is 0.466 e. The minimum absolute atomic E-state index is 0.0894. The lowest BCUT2D eigenvalue weighted by Crippen LogP contribution is -2.38. The van der Waals surface area contributed by atoms with Crippen LogP contribution in [0.5, 0.6) is 0 Å². The average Bonchev–Trinajstić information content (AvgIpc) is 2.21. The van der Waals surface area contributed by atoms with Gasteiger partial charge in [-0.05, 0) is 25.7 Å². The number of rotatable bonds is 5. The molecule has 0 bridgehead atoms. The summed E-state index contributed by atoms with van der Waals surface area (Å²) in [6, 6.07) is 0.605. The summed E-state index contributed by atoms with van der Waals surface area (Å²) in [5.74, 6) is 0.661. The molecule has 2 atom stereocenters. The monoisotopic (exact) mass is 213 g/mol. The van der Waals surface area contributed by atoms with Crippen molar-refractivity contribution >= 4 is 5.97 Å². The maximum atomic E-state index is 11.1. The van der Waals surface area contributed by atoms with Gasteiger partial charge in [0.25, 0.3) is 0 Å². The number of hydrogen-bond donors (Lipinski definition) is 1. The number of hydrogen-bond acceptors (Lipinski definition) is 3. The molecule has 1 saturated carbocycles. The third-order valence-electron chi connectivity index (χ3n) is 3.15. The molecule has 0 unspecified atom stereocenters. The zero-order valence-electron chi connectivity index (χ0n) is 9.92. The third kappa shape index (κ3) is 4.65. The maximum Gasteiger partial charge on any atom is 0.307 e. The van der Waals surface area contributed by atoms with Crippen LogP contribution in [0.4, 0.5) is 0 Å². The molecule has 0 spiro atoms. The lowest BCUT2D eigenvalue weighted by atomic mass is 9.86. The Bertz CT molecular complexity index is 194. The second-order valence-corrected chi connectivity index (χ2v) is 4.38. The van der Waals surface area contributed by atoms with Crippen LogP contribution in [0.15, 0.2) is 0 Å². The summed E-state index contributed by atoms with van der Waals surface area (Å²) in [4.78, 5) is 11.1. The van der Waals surface area contributed by atoms with Crippen molar-refractivity contribution in [2.75, 3.05) is 13.2 Å². The van der Waals surface area contributed by atoms with E-state index >= 15 is 0 Å². The summed E-state index contributed by atoms with van der Waals surface area (Å²) < 4.78 is 4.88. The SMILES string of the molecule is CCOC(=O)CCN[C@@H]1CCCC[C@@H]1C. The first-order valence-electron chi connectivity index (χ1n) is 6.13. The van der Waals surface area contributed by atoms with Crippen molar-refractivity contribution in [2.45, 2.75) is 52.0 Å². The van der Waals surface area contributed by atoms with Crippen molar-refractivity contribution in [3.63, 3.8) is 0 Å². The highest BCUT2D eigenvalue weighted by Gasteiger charge is 2.20. The summed E-state index contributed by atoms with van der Waals surface area (Å²) in [5, 5.41) is 3.46. The molecule has 0 aromatic rings. The Morgan fingerprint density at radius 2 is 2.13 bits per heavy atom. The van der Waals surface area contributed by atoms with E-state index in [9.17, 15) is 4.79 Å². The zero-order chi connectivity index (χ0) is 11.1. The lowest BCUT2D eigenvalue weighted by Gasteiger charge is -2.29. The molecule has 0 aliphatic heterocycles. The third-order valence-corrected chi connectivity index (χ3v) is 3.15. The van der Waals surface area contributed by atoms with Gasteiger partial charge < -0.3 is 10.1 Å². The maximum absolute atomic E-state index is 11.1. The van der Waals surface area contributed by atoms with Crippen LogP contribution in [-0.4, -0.2) is 25.2 Å². The van der Waals surface area contributed by atoms with Crippen molar-refractivity contribution in [1.82, 2.24) is 5.32 Å². The summed E-state index contributed by atoms with van der Waals surface area (Å²) in [7, 11) is 0. The van der Waals surface area contributed by atoms with Crippen molar-refractivity contribution in [2.24, 2.45) is 5.92 Å². The molecule has 1 fully saturated rings. The molecule has 0 heterocycles.